The number of hydrogen-bond acceptors (Lipinski definition) is 6. The fourth-order valence-electron chi connectivity index (χ4n) is 3.47. The van der Waals surface area contributed by atoms with Crippen LogP contribution in [0.15, 0.2) is 11.4 Å². The Labute approximate surface area is 131 Å². The molecule has 0 saturated carbocycles. The first-order chi connectivity index (χ1) is 10.5. The molecule has 3 rings (SSSR count). The van der Waals surface area contributed by atoms with Gasteiger partial charge in [-0.25, -0.2) is 14.2 Å². The van der Waals surface area contributed by atoms with Crippen LogP contribution < -0.4 is 4.90 Å². The monoisotopic (exact) mass is 327 g/mol. The van der Waals surface area contributed by atoms with Crippen molar-refractivity contribution in [3.05, 3.63) is 6.20 Å². The van der Waals surface area contributed by atoms with E-state index in [0.717, 1.165) is 6.42 Å². The Kier molecular flexibility index (Phi) is 4.07. The van der Waals surface area contributed by atoms with Gasteiger partial charge in [0.2, 0.25) is 5.16 Å². The van der Waals surface area contributed by atoms with Crippen molar-refractivity contribution in [2.75, 3.05) is 18.2 Å². The summed E-state index contributed by atoms with van der Waals surface area (Å²) in [6.45, 7) is 0. The molecular formula is C13H18FN5O2S. The van der Waals surface area contributed by atoms with E-state index in [1.165, 1.54) is 16.7 Å². The van der Waals surface area contributed by atoms with Crippen LogP contribution in [0.1, 0.15) is 19.3 Å². The topological polar surface area (TPSA) is 82.5 Å². The fourth-order valence-corrected chi connectivity index (χ4v) is 3.76. The lowest BCUT2D eigenvalue weighted by atomic mass is 9.94. The van der Waals surface area contributed by atoms with Crippen LogP contribution in [0.25, 0.3) is 0 Å². The summed E-state index contributed by atoms with van der Waals surface area (Å²) in [5.41, 5.74) is 0. The third-order valence-corrected chi connectivity index (χ3v) is 5.14. The van der Waals surface area contributed by atoms with Gasteiger partial charge in [0.05, 0.1) is 18.3 Å². The number of nitrogens with zero attached hydrogens (tertiary/aromatic N) is 5. The first-order valence-electron chi connectivity index (χ1n) is 7.14. The van der Waals surface area contributed by atoms with Gasteiger partial charge < -0.3 is 10.0 Å². The van der Waals surface area contributed by atoms with Crippen molar-refractivity contribution in [2.24, 2.45) is 0 Å². The van der Waals surface area contributed by atoms with E-state index in [9.17, 15) is 14.3 Å². The second-order valence-corrected chi connectivity index (χ2v) is 6.42. The highest BCUT2D eigenvalue weighted by atomic mass is 32.2. The second-order valence-electron chi connectivity index (χ2n) is 5.65. The van der Waals surface area contributed by atoms with E-state index in [-0.39, 0.29) is 6.04 Å². The highest BCUT2D eigenvalue weighted by Gasteiger charge is 2.51. The van der Waals surface area contributed by atoms with Gasteiger partial charge in [0, 0.05) is 13.1 Å². The number of piperidine rings is 1. The van der Waals surface area contributed by atoms with Crippen molar-refractivity contribution < 1.29 is 14.3 Å². The molecule has 2 saturated heterocycles. The van der Waals surface area contributed by atoms with Crippen LogP contribution in [0.4, 0.5) is 15.0 Å². The Morgan fingerprint density at radius 2 is 2.27 bits per heavy atom. The highest BCUT2D eigenvalue weighted by Crippen LogP contribution is 2.39. The maximum Gasteiger partial charge on any atom is 0.407 e. The Bertz CT molecular complexity index is 560. The predicted molar refractivity (Wildman–Crippen MR) is 80.0 cm³/mol. The number of anilines is 1. The van der Waals surface area contributed by atoms with E-state index in [4.69, 9.17) is 0 Å². The third-order valence-electron chi connectivity index (χ3n) is 4.59. The Balaban J connectivity index is 1.79. The summed E-state index contributed by atoms with van der Waals surface area (Å²) < 4.78 is 14.8. The number of carbonyl (C=O) groups is 1. The molecule has 22 heavy (non-hydrogen) atoms. The number of aromatic nitrogens is 3. The molecule has 4 atom stereocenters. The van der Waals surface area contributed by atoms with Gasteiger partial charge >= 0.3 is 6.09 Å². The molecule has 1 amide bonds. The van der Waals surface area contributed by atoms with Gasteiger partial charge in [-0.15, -0.1) is 10.2 Å². The number of halogens is 1. The Morgan fingerprint density at radius 3 is 2.86 bits per heavy atom. The summed E-state index contributed by atoms with van der Waals surface area (Å²) >= 11 is 1.39. The molecule has 0 unspecified atom stereocenters. The van der Waals surface area contributed by atoms with Crippen molar-refractivity contribution in [1.82, 2.24) is 20.1 Å². The average Bonchev–Trinajstić information content (AvgIpc) is 2.88. The number of amides is 1. The number of hydrogen-bond donors (Lipinski definition) is 1. The molecule has 3 heterocycles. The number of fused-ring (bicyclic) bond motifs is 2. The third kappa shape index (κ3) is 2.47. The first kappa shape index (κ1) is 15.3. The molecule has 0 aromatic carbocycles. The summed E-state index contributed by atoms with van der Waals surface area (Å²) in [5.74, 6) is 0.508. The van der Waals surface area contributed by atoms with Crippen molar-refractivity contribution in [1.29, 1.82) is 0 Å². The van der Waals surface area contributed by atoms with Crippen LogP contribution in [0.5, 0.6) is 0 Å². The normalized spacial score (nSPS) is 30.4. The molecule has 0 spiro atoms. The van der Waals surface area contributed by atoms with E-state index in [1.54, 1.807) is 18.1 Å². The van der Waals surface area contributed by atoms with Gasteiger partial charge in [0.25, 0.3) is 0 Å². The van der Waals surface area contributed by atoms with Gasteiger partial charge in [0.1, 0.15) is 6.17 Å². The van der Waals surface area contributed by atoms with Gasteiger partial charge in [-0.3, -0.25) is 4.90 Å². The lowest BCUT2D eigenvalue weighted by molar-refractivity contribution is 0.0489. The molecule has 2 aliphatic rings. The minimum Gasteiger partial charge on any atom is -0.465 e. The predicted octanol–water partition coefficient (Wildman–Crippen LogP) is 1.65. The average molecular weight is 327 g/mol. The zero-order valence-electron chi connectivity index (χ0n) is 12.4. The molecule has 2 fully saturated rings. The zero-order chi connectivity index (χ0) is 15.9. The van der Waals surface area contributed by atoms with E-state index in [1.807, 2.05) is 6.26 Å². The molecule has 120 valence electrons. The van der Waals surface area contributed by atoms with Crippen LogP contribution >= 0.6 is 11.8 Å². The summed E-state index contributed by atoms with van der Waals surface area (Å²) in [7, 11) is 1.76. The van der Waals surface area contributed by atoms with Crippen molar-refractivity contribution >= 4 is 23.7 Å². The minimum absolute atomic E-state index is 0.117. The molecule has 9 heteroatoms. The smallest absolute Gasteiger partial charge is 0.407 e. The largest absolute Gasteiger partial charge is 0.465 e. The van der Waals surface area contributed by atoms with Crippen LogP contribution in [-0.2, 0) is 0 Å². The minimum atomic E-state index is -1.23. The number of alkyl halides is 1. The number of rotatable bonds is 3. The molecular weight excluding hydrogens is 309 g/mol. The second kappa shape index (κ2) is 5.86. The maximum atomic E-state index is 14.8. The SMILES string of the molecule is CSc1ncc(N(C)[C@H]2C[C@@H]3CC[C@H]([C@H]2F)N3C(=O)O)nn1. The number of carboxylic acid groups (broad SMARTS) is 1. The van der Waals surface area contributed by atoms with Crippen molar-refractivity contribution in [2.45, 2.75) is 48.7 Å². The summed E-state index contributed by atoms with van der Waals surface area (Å²) in [6.07, 6.45) is 2.94. The quantitative estimate of drug-likeness (QED) is 0.845. The lowest BCUT2D eigenvalue weighted by Gasteiger charge is -2.43. The fraction of sp³-hybridized carbons (Fsp3) is 0.692. The van der Waals surface area contributed by atoms with Crippen LogP contribution in [0.2, 0.25) is 0 Å². The van der Waals surface area contributed by atoms with E-state index in [0.29, 0.717) is 23.8 Å². The van der Waals surface area contributed by atoms with Gasteiger partial charge in [-0.05, 0) is 25.5 Å². The van der Waals surface area contributed by atoms with Crippen molar-refractivity contribution in [3.8, 4) is 0 Å². The molecule has 0 aliphatic carbocycles. The Morgan fingerprint density at radius 1 is 1.50 bits per heavy atom. The molecule has 0 radical (unpaired) electrons. The molecule has 1 N–H and O–H groups in total. The molecule has 2 bridgehead atoms. The summed E-state index contributed by atoms with van der Waals surface area (Å²) in [5, 5.41) is 17.9. The molecule has 2 aliphatic heterocycles. The zero-order valence-corrected chi connectivity index (χ0v) is 13.2. The van der Waals surface area contributed by atoms with Crippen LogP contribution in [0.3, 0.4) is 0 Å². The first-order valence-corrected chi connectivity index (χ1v) is 8.37. The summed E-state index contributed by atoms with van der Waals surface area (Å²) in [6, 6.07) is -1.08. The lowest BCUT2D eigenvalue weighted by Crippen LogP contribution is -2.58. The van der Waals surface area contributed by atoms with Crippen molar-refractivity contribution in [3.63, 3.8) is 0 Å². The van der Waals surface area contributed by atoms with Gasteiger partial charge in [-0.1, -0.05) is 11.8 Å². The van der Waals surface area contributed by atoms with Gasteiger partial charge in [-0.2, -0.15) is 0 Å². The molecule has 1 aromatic rings. The highest BCUT2D eigenvalue weighted by molar-refractivity contribution is 7.98. The van der Waals surface area contributed by atoms with Crippen LogP contribution in [0, 0.1) is 0 Å². The van der Waals surface area contributed by atoms with E-state index >= 15 is 0 Å². The van der Waals surface area contributed by atoms with Crippen LogP contribution in [-0.4, -0.2) is 68.9 Å². The molecule has 7 nitrogen and oxygen atoms in total. The van der Waals surface area contributed by atoms with Gasteiger partial charge in [0.15, 0.2) is 5.82 Å². The standard InChI is InChI=1S/C13H18FN5O2S/c1-18(10-6-15-12(22-2)17-16-10)9-5-7-3-4-8(11(9)14)19(7)13(20)21/h6-9,11H,3-5H2,1-2H3,(H,20,21)/t7-,8+,9-,11+/m0/s1. The maximum absolute atomic E-state index is 14.8. The van der Waals surface area contributed by atoms with E-state index < -0.39 is 24.3 Å². The van der Waals surface area contributed by atoms with E-state index in [2.05, 4.69) is 15.2 Å². The summed E-state index contributed by atoms with van der Waals surface area (Å²) in [4.78, 5) is 18.5. The number of thioether (sulfide) groups is 1. The Hall–Kier alpha value is -1.64. The molecule has 1 aromatic heterocycles.